The normalized spacial score (nSPS) is 12.8. The van der Waals surface area contributed by atoms with Crippen molar-refractivity contribution in [2.24, 2.45) is 0 Å². The molecule has 0 radical (unpaired) electrons. The van der Waals surface area contributed by atoms with E-state index in [9.17, 15) is 18.0 Å². The molecule has 10 heteroatoms. The van der Waals surface area contributed by atoms with Crippen LogP contribution in [0.25, 0.3) is 22.5 Å². The number of nitrogens with zero attached hydrogens (tertiary/aromatic N) is 4. The first-order valence-electron chi connectivity index (χ1n) is 8.93. The SMILES string of the molecule is C[C@@H](Cn1c(=O)oc2ccc(-c3ccc(OC(F)(F)F)cc3)nc21)c1ncccn1. The molecule has 1 aromatic carbocycles. The first-order valence-corrected chi connectivity index (χ1v) is 8.93. The first-order chi connectivity index (χ1) is 14.3. The number of fused-ring (bicyclic) bond motifs is 1. The second-order valence-corrected chi connectivity index (χ2v) is 6.58. The van der Waals surface area contributed by atoms with Crippen molar-refractivity contribution in [3.63, 3.8) is 0 Å². The maximum atomic E-state index is 12.3. The fourth-order valence-electron chi connectivity index (χ4n) is 3.01. The average molecular weight is 416 g/mol. The molecule has 0 N–H and O–H groups in total. The molecule has 30 heavy (non-hydrogen) atoms. The molecule has 0 spiro atoms. The van der Waals surface area contributed by atoms with Gasteiger partial charge < -0.3 is 9.15 Å². The van der Waals surface area contributed by atoms with E-state index in [4.69, 9.17) is 4.42 Å². The maximum absolute atomic E-state index is 12.3. The third-order valence-electron chi connectivity index (χ3n) is 4.38. The Balaban J connectivity index is 1.65. The maximum Gasteiger partial charge on any atom is 0.573 e. The number of aromatic nitrogens is 4. The summed E-state index contributed by atoms with van der Waals surface area (Å²) in [6.45, 7) is 2.13. The number of halogens is 3. The summed E-state index contributed by atoms with van der Waals surface area (Å²) in [5.74, 6) is -0.486. The molecule has 0 bridgehead atoms. The third kappa shape index (κ3) is 4.17. The van der Waals surface area contributed by atoms with Gasteiger partial charge in [0.05, 0.1) is 5.69 Å². The lowest BCUT2D eigenvalue weighted by Crippen LogP contribution is -2.19. The van der Waals surface area contributed by atoms with E-state index in [1.165, 1.54) is 28.8 Å². The van der Waals surface area contributed by atoms with E-state index in [-0.39, 0.29) is 18.2 Å². The van der Waals surface area contributed by atoms with Gasteiger partial charge in [-0.25, -0.2) is 19.7 Å². The number of benzene rings is 1. The summed E-state index contributed by atoms with van der Waals surface area (Å²) in [5.41, 5.74) is 1.67. The van der Waals surface area contributed by atoms with Crippen LogP contribution in [0.4, 0.5) is 13.2 Å². The Kier molecular flexibility index (Phi) is 4.98. The lowest BCUT2D eigenvalue weighted by Gasteiger charge is -2.10. The van der Waals surface area contributed by atoms with Crippen LogP contribution in [0.2, 0.25) is 0 Å². The Labute approximate surface area is 167 Å². The fourth-order valence-corrected chi connectivity index (χ4v) is 3.01. The van der Waals surface area contributed by atoms with Crippen molar-refractivity contribution < 1.29 is 22.3 Å². The second-order valence-electron chi connectivity index (χ2n) is 6.58. The smallest absolute Gasteiger partial charge is 0.406 e. The average Bonchev–Trinajstić information content (AvgIpc) is 3.02. The van der Waals surface area contributed by atoms with E-state index >= 15 is 0 Å². The zero-order valence-corrected chi connectivity index (χ0v) is 15.6. The van der Waals surface area contributed by atoms with Crippen LogP contribution in [0.15, 0.2) is 64.1 Å². The Bertz CT molecular complexity index is 1220. The van der Waals surface area contributed by atoms with E-state index in [1.54, 1.807) is 30.6 Å². The lowest BCUT2D eigenvalue weighted by molar-refractivity contribution is -0.274. The quantitative estimate of drug-likeness (QED) is 0.486. The van der Waals surface area contributed by atoms with Gasteiger partial charge in [0.15, 0.2) is 11.2 Å². The molecule has 0 fully saturated rings. The molecule has 0 saturated heterocycles. The number of rotatable bonds is 5. The third-order valence-corrected chi connectivity index (χ3v) is 4.38. The van der Waals surface area contributed by atoms with Gasteiger partial charge >= 0.3 is 12.1 Å². The number of hydrogen-bond acceptors (Lipinski definition) is 6. The van der Waals surface area contributed by atoms with Crippen molar-refractivity contribution in [1.82, 2.24) is 19.5 Å². The Morgan fingerprint density at radius 1 is 1.10 bits per heavy atom. The number of ether oxygens (including phenoxy) is 1. The molecule has 4 aromatic rings. The highest BCUT2D eigenvalue weighted by atomic mass is 19.4. The largest absolute Gasteiger partial charge is 0.573 e. The highest BCUT2D eigenvalue weighted by molar-refractivity contribution is 5.73. The molecule has 154 valence electrons. The highest BCUT2D eigenvalue weighted by Crippen LogP contribution is 2.27. The van der Waals surface area contributed by atoms with Crippen LogP contribution in [0.3, 0.4) is 0 Å². The van der Waals surface area contributed by atoms with E-state index < -0.39 is 12.1 Å². The van der Waals surface area contributed by atoms with E-state index in [2.05, 4.69) is 19.7 Å². The molecule has 0 aliphatic heterocycles. The van der Waals surface area contributed by atoms with Gasteiger partial charge in [-0.1, -0.05) is 6.92 Å². The summed E-state index contributed by atoms with van der Waals surface area (Å²) in [6.07, 6.45) is -1.51. The van der Waals surface area contributed by atoms with Crippen molar-refractivity contribution in [1.29, 1.82) is 0 Å². The van der Waals surface area contributed by atoms with Gasteiger partial charge in [-0.15, -0.1) is 13.2 Å². The predicted molar refractivity (Wildman–Crippen MR) is 101 cm³/mol. The summed E-state index contributed by atoms with van der Waals surface area (Å²) in [4.78, 5) is 25.2. The first kappa shape index (κ1) is 19.6. The van der Waals surface area contributed by atoms with Crippen LogP contribution in [0.5, 0.6) is 5.75 Å². The molecular weight excluding hydrogens is 401 g/mol. The van der Waals surface area contributed by atoms with Gasteiger partial charge in [-0.2, -0.15) is 0 Å². The molecule has 0 amide bonds. The molecule has 0 aliphatic carbocycles. The van der Waals surface area contributed by atoms with Crippen molar-refractivity contribution in [3.05, 3.63) is 71.2 Å². The summed E-state index contributed by atoms with van der Waals surface area (Å²) < 4.78 is 47.5. The standard InChI is InChI=1S/C20H15F3N4O3/c1-12(17-24-9-2-10-25-17)11-27-18-16(29-19(27)28)8-7-15(26-18)13-3-5-14(6-4-13)30-20(21,22)23/h2-10,12H,11H2,1H3/t12-/m0/s1. The molecule has 3 heterocycles. The zero-order valence-electron chi connectivity index (χ0n) is 15.6. The van der Waals surface area contributed by atoms with Crippen LogP contribution in [0, 0.1) is 0 Å². The molecule has 0 saturated carbocycles. The van der Waals surface area contributed by atoms with Crippen LogP contribution >= 0.6 is 0 Å². The van der Waals surface area contributed by atoms with Crippen molar-refractivity contribution in [3.8, 4) is 17.0 Å². The number of alkyl halides is 3. The second kappa shape index (κ2) is 7.62. The van der Waals surface area contributed by atoms with Crippen LogP contribution in [0.1, 0.15) is 18.7 Å². The van der Waals surface area contributed by atoms with Gasteiger partial charge in [0.1, 0.15) is 11.6 Å². The summed E-state index contributed by atoms with van der Waals surface area (Å²) >= 11 is 0. The molecule has 3 aromatic heterocycles. The van der Waals surface area contributed by atoms with Crippen molar-refractivity contribution in [2.75, 3.05) is 0 Å². The van der Waals surface area contributed by atoms with Crippen LogP contribution in [-0.2, 0) is 6.54 Å². The van der Waals surface area contributed by atoms with Gasteiger partial charge in [-0.3, -0.25) is 4.57 Å². The van der Waals surface area contributed by atoms with Crippen LogP contribution < -0.4 is 10.5 Å². The molecular formula is C20H15F3N4O3. The minimum atomic E-state index is -4.76. The van der Waals surface area contributed by atoms with Gasteiger partial charge in [0, 0.05) is 30.4 Å². The zero-order chi connectivity index (χ0) is 21.3. The van der Waals surface area contributed by atoms with E-state index in [1.807, 2.05) is 6.92 Å². The molecule has 0 aliphatic rings. The predicted octanol–water partition coefficient (Wildman–Crippen LogP) is 4.15. The summed E-state index contributed by atoms with van der Waals surface area (Å²) in [5, 5.41) is 0. The fraction of sp³-hybridized carbons (Fsp3) is 0.200. The lowest BCUT2D eigenvalue weighted by atomic mass is 10.1. The van der Waals surface area contributed by atoms with Crippen LogP contribution in [-0.4, -0.2) is 25.9 Å². The molecule has 0 unspecified atom stereocenters. The minimum Gasteiger partial charge on any atom is -0.406 e. The number of pyridine rings is 1. The molecule has 7 nitrogen and oxygen atoms in total. The number of hydrogen-bond donors (Lipinski definition) is 0. The Hall–Kier alpha value is -3.69. The van der Waals surface area contributed by atoms with E-state index in [0.29, 0.717) is 28.3 Å². The summed E-state index contributed by atoms with van der Waals surface area (Å²) in [7, 11) is 0. The Morgan fingerprint density at radius 2 is 1.80 bits per heavy atom. The minimum absolute atomic E-state index is 0.172. The molecule has 4 rings (SSSR count). The Morgan fingerprint density at radius 3 is 2.47 bits per heavy atom. The van der Waals surface area contributed by atoms with Crippen molar-refractivity contribution in [2.45, 2.75) is 25.7 Å². The van der Waals surface area contributed by atoms with Gasteiger partial charge in [-0.05, 0) is 42.5 Å². The van der Waals surface area contributed by atoms with E-state index in [0.717, 1.165) is 0 Å². The van der Waals surface area contributed by atoms with Crippen molar-refractivity contribution >= 4 is 11.2 Å². The molecule has 1 atom stereocenters. The highest BCUT2D eigenvalue weighted by Gasteiger charge is 2.31. The summed E-state index contributed by atoms with van der Waals surface area (Å²) in [6, 6.07) is 10.2. The van der Waals surface area contributed by atoms with Gasteiger partial charge in [0.2, 0.25) is 0 Å². The van der Waals surface area contributed by atoms with Gasteiger partial charge in [0.25, 0.3) is 0 Å². The monoisotopic (exact) mass is 416 g/mol. The number of oxazole rings is 1. The topological polar surface area (TPSA) is 83.0 Å².